The minimum Gasteiger partial charge on any atom is -0.481 e. The molecular formula is C13H11BrFNO3. The van der Waals surface area contributed by atoms with Crippen LogP contribution in [0, 0.1) is 11.7 Å². The first-order valence-corrected chi connectivity index (χ1v) is 6.43. The molecule has 1 amide bonds. The van der Waals surface area contributed by atoms with E-state index in [4.69, 9.17) is 5.11 Å². The molecule has 19 heavy (non-hydrogen) atoms. The van der Waals surface area contributed by atoms with Crippen LogP contribution >= 0.6 is 15.9 Å². The van der Waals surface area contributed by atoms with Crippen LogP contribution in [-0.2, 0) is 4.79 Å². The Labute approximate surface area is 117 Å². The molecule has 2 atom stereocenters. The van der Waals surface area contributed by atoms with E-state index in [1.165, 1.54) is 24.3 Å². The molecule has 1 aromatic rings. The number of amides is 1. The molecule has 0 aromatic heterocycles. The highest BCUT2D eigenvalue weighted by atomic mass is 79.9. The normalized spacial score (nSPS) is 21.4. The fraction of sp³-hybridized carbons (Fsp3) is 0.231. The highest BCUT2D eigenvalue weighted by Gasteiger charge is 2.26. The first-order chi connectivity index (χ1) is 8.97. The number of halogens is 2. The van der Waals surface area contributed by atoms with E-state index >= 15 is 0 Å². The summed E-state index contributed by atoms with van der Waals surface area (Å²) < 4.78 is 14.1. The van der Waals surface area contributed by atoms with E-state index in [-0.39, 0.29) is 18.0 Å². The first-order valence-electron chi connectivity index (χ1n) is 5.64. The number of carboxylic acid groups (broad SMARTS) is 1. The predicted octanol–water partition coefficient (Wildman–Crippen LogP) is 2.35. The van der Waals surface area contributed by atoms with Gasteiger partial charge in [0.1, 0.15) is 5.82 Å². The van der Waals surface area contributed by atoms with Crippen molar-refractivity contribution in [2.24, 2.45) is 5.92 Å². The van der Waals surface area contributed by atoms with Crippen LogP contribution in [0.25, 0.3) is 0 Å². The largest absolute Gasteiger partial charge is 0.481 e. The average molecular weight is 328 g/mol. The van der Waals surface area contributed by atoms with E-state index in [1.54, 1.807) is 6.08 Å². The molecule has 0 spiro atoms. The molecule has 1 aliphatic carbocycles. The summed E-state index contributed by atoms with van der Waals surface area (Å²) in [6.45, 7) is 0. The van der Waals surface area contributed by atoms with Crippen LogP contribution in [0.2, 0.25) is 0 Å². The van der Waals surface area contributed by atoms with E-state index in [2.05, 4.69) is 21.2 Å². The third-order valence-corrected chi connectivity index (χ3v) is 3.38. The molecule has 1 aromatic carbocycles. The van der Waals surface area contributed by atoms with Crippen molar-refractivity contribution in [1.82, 2.24) is 5.32 Å². The van der Waals surface area contributed by atoms with Crippen LogP contribution in [0.15, 0.2) is 34.8 Å². The molecule has 0 fully saturated rings. The fourth-order valence-electron chi connectivity index (χ4n) is 1.91. The lowest BCUT2D eigenvalue weighted by Crippen LogP contribution is -2.33. The van der Waals surface area contributed by atoms with Gasteiger partial charge in [0.05, 0.1) is 11.5 Å². The maximum atomic E-state index is 13.5. The zero-order valence-electron chi connectivity index (χ0n) is 9.77. The second kappa shape index (κ2) is 5.52. The summed E-state index contributed by atoms with van der Waals surface area (Å²) in [5, 5.41) is 11.4. The van der Waals surface area contributed by atoms with Crippen LogP contribution in [0.3, 0.4) is 0 Å². The third kappa shape index (κ3) is 3.20. The van der Waals surface area contributed by atoms with Crippen molar-refractivity contribution in [3.63, 3.8) is 0 Å². The van der Waals surface area contributed by atoms with Crippen molar-refractivity contribution >= 4 is 27.8 Å². The molecule has 2 unspecified atom stereocenters. The van der Waals surface area contributed by atoms with E-state index in [1.807, 2.05) is 0 Å². The molecule has 0 aliphatic heterocycles. The molecular weight excluding hydrogens is 317 g/mol. The van der Waals surface area contributed by atoms with Crippen molar-refractivity contribution < 1.29 is 19.1 Å². The number of benzene rings is 1. The topological polar surface area (TPSA) is 66.4 Å². The smallest absolute Gasteiger partial charge is 0.310 e. The molecule has 4 nitrogen and oxygen atoms in total. The van der Waals surface area contributed by atoms with Gasteiger partial charge in [0, 0.05) is 10.5 Å². The number of carboxylic acids is 1. The second-order valence-corrected chi connectivity index (χ2v) is 5.19. The maximum Gasteiger partial charge on any atom is 0.310 e. The van der Waals surface area contributed by atoms with Gasteiger partial charge in [0.15, 0.2) is 0 Å². The van der Waals surface area contributed by atoms with Crippen LogP contribution in [0.1, 0.15) is 16.8 Å². The summed E-state index contributed by atoms with van der Waals surface area (Å²) in [5.74, 6) is -2.70. The SMILES string of the molecule is O=C(NC1C=CC(C(=O)O)C1)c1cc(Br)ccc1F. The second-order valence-electron chi connectivity index (χ2n) is 4.27. The summed E-state index contributed by atoms with van der Waals surface area (Å²) in [6, 6.07) is 3.70. The number of rotatable bonds is 3. The fourth-order valence-corrected chi connectivity index (χ4v) is 2.27. The molecule has 0 heterocycles. The highest BCUT2D eigenvalue weighted by Crippen LogP contribution is 2.20. The summed E-state index contributed by atoms with van der Waals surface area (Å²) in [6.07, 6.45) is 3.44. The Morgan fingerprint density at radius 2 is 2.11 bits per heavy atom. The van der Waals surface area contributed by atoms with Gasteiger partial charge in [-0.15, -0.1) is 0 Å². The standard InChI is InChI=1S/C13H11BrFNO3/c14-8-2-4-11(15)10(6-8)12(17)16-9-3-1-7(5-9)13(18)19/h1-4,6-7,9H,5H2,(H,16,17)(H,18,19). The minimum atomic E-state index is -0.929. The van der Waals surface area contributed by atoms with Gasteiger partial charge in [-0.2, -0.15) is 0 Å². The Balaban J connectivity index is 2.05. The average Bonchev–Trinajstić information content (AvgIpc) is 2.80. The molecule has 0 saturated carbocycles. The van der Waals surface area contributed by atoms with Crippen molar-refractivity contribution in [3.8, 4) is 0 Å². The van der Waals surface area contributed by atoms with Crippen molar-refractivity contribution in [3.05, 3.63) is 46.2 Å². The lowest BCUT2D eigenvalue weighted by molar-refractivity contribution is -0.140. The number of aliphatic carboxylic acids is 1. The van der Waals surface area contributed by atoms with Gasteiger partial charge >= 0.3 is 5.97 Å². The monoisotopic (exact) mass is 327 g/mol. The molecule has 0 radical (unpaired) electrons. The number of carbonyl (C=O) groups excluding carboxylic acids is 1. The summed E-state index contributed by atoms with van der Waals surface area (Å²) in [7, 11) is 0. The number of nitrogens with one attached hydrogen (secondary N) is 1. The van der Waals surface area contributed by atoms with Crippen molar-refractivity contribution in [2.45, 2.75) is 12.5 Å². The van der Waals surface area contributed by atoms with Gasteiger partial charge in [0.2, 0.25) is 0 Å². The number of hydrogen-bond donors (Lipinski definition) is 2. The summed E-state index contributed by atoms with van der Waals surface area (Å²) >= 11 is 3.17. The van der Waals surface area contributed by atoms with Gasteiger partial charge in [-0.3, -0.25) is 9.59 Å². The van der Waals surface area contributed by atoms with Gasteiger partial charge in [-0.05, 0) is 24.6 Å². The molecule has 1 aliphatic rings. The number of hydrogen-bond acceptors (Lipinski definition) is 2. The van der Waals surface area contributed by atoms with Crippen LogP contribution in [-0.4, -0.2) is 23.0 Å². The van der Waals surface area contributed by atoms with Crippen molar-refractivity contribution in [2.75, 3.05) is 0 Å². The first kappa shape index (κ1) is 13.7. The third-order valence-electron chi connectivity index (χ3n) is 2.89. The zero-order chi connectivity index (χ0) is 14.0. The predicted molar refractivity (Wildman–Crippen MR) is 70.2 cm³/mol. The Morgan fingerprint density at radius 1 is 1.37 bits per heavy atom. The lowest BCUT2D eigenvalue weighted by Gasteiger charge is -2.12. The number of carbonyl (C=O) groups is 2. The molecule has 0 bridgehead atoms. The molecule has 2 rings (SSSR count). The highest BCUT2D eigenvalue weighted by molar-refractivity contribution is 9.10. The van der Waals surface area contributed by atoms with Crippen LogP contribution < -0.4 is 5.32 Å². The summed E-state index contributed by atoms with van der Waals surface area (Å²) in [5.41, 5.74) is -0.0680. The Kier molecular flexibility index (Phi) is 3.99. The molecule has 100 valence electrons. The van der Waals surface area contributed by atoms with Crippen LogP contribution in [0.4, 0.5) is 4.39 Å². The van der Waals surface area contributed by atoms with E-state index in [0.717, 1.165) is 0 Å². The quantitative estimate of drug-likeness (QED) is 0.837. The Hall–Kier alpha value is -1.69. The van der Waals surface area contributed by atoms with E-state index in [0.29, 0.717) is 4.47 Å². The summed E-state index contributed by atoms with van der Waals surface area (Å²) in [4.78, 5) is 22.7. The van der Waals surface area contributed by atoms with E-state index < -0.39 is 23.6 Å². The van der Waals surface area contributed by atoms with Crippen LogP contribution in [0.5, 0.6) is 0 Å². The molecule has 6 heteroatoms. The zero-order valence-corrected chi connectivity index (χ0v) is 11.4. The van der Waals surface area contributed by atoms with Gasteiger partial charge in [0.25, 0.3) is 5.91 Å². The maximum absolute atomic E-state index is 13.5. The van der Waals surface area contributed by atoms with Crippen molar-refractivity contribution in [1.29, 1.82) is 0 Å². The molecule has 0 saturated heterocycles. The van der Waals surface area contributed by atoms with Gasteiger partial charge in [-0.1, -0.05) is 28.1 Å². The van der Waals surface area contributed by atoms with Gasteiger partial charge in [-0.25, -0.2) is 4.39 Å². The Morgan fingerprint density at radius 3 is 2.74 bits per heavy atom. The Bertz CT molecular complexity index is 559. The lowest BCUT2D eigenvalue weighted by atomic mass is 10.1. The van der Waals surface area contributed by atoms with Gasteiger partial charge < -0.3 is 10.4 Å². The van der Waals surface area contributed by atoms with E-state index in [9.17, 15) is 14.0 Å². The minimum absolute atomic E-state index is 0.0680. The molecule has 2 N–H and O–H groups in total.